The number of hydrogen-bond acceptors (Lipinski definition) is 3. The van der Waals surface area contributed by atoms with E-state index in [2.05, 4.69) is 5.32 Å². The molecular formula is C29H33ClN2O3. The van der Waals surface area contributed by atoms with E-state index < -0.39 is 6.04 Å². The van der Waals surface area contributed by atoms with Gasteiger partial charge in [0.2, 0.25) is 11.8 Å². The number of benzene rings is 3. The summed E-state index contributed by atoms with van der Waals surface area (Å²) in [7, 11) is 1.61. The standard InChI is InChI=1S/C29H33ClN2O3/c1-4-21(2)31-29(34)27(18-22-11-6-5-7-12-22)32(20-23-13-10-15-25(17-23)35-3)28(33)19-24-14-8-9-16-26(24)30/h5-17,21,27H,4,18-20H2,1-3H3,(H,31,34)/t21-,27+/m1/s1. The lowest BCUT2D eigenvalue weighted by Gasteiger charge is -2.32. The summed E-state index contributed by atoms with van der Waals surface area (Å²) in [4.78, 5) is 29.0. The normalized spacial score (nSPS) is 12.5. The van der Waals surface area contributed by atoms with Gasteiger partial charge in [-0.1, -0.05) is 79.2 Å². The molecule has 184 valence electrons. The summed E-state index contributed by atoms with van der Waals surface area (Å²) in [6.07, 6.45) is 1.31. The van der Waals surface area contributed by atoms with Crippen molar-refractivity contribution in [2.75, 3.05) is 7.11 Å². The van der Waals surface area contributed by atoms with Crippen LogP contribution in [0.25, 0.3) is 0 Å². The summed E-state index contributed by atoms with van der Waals surface area (Å²) in [5.74, 6) is 0.365. The molecule has 0 aromatic heterocycles. The molecule has 0 spiro atoms. The van der Waals surface area contributed by atoms with Crippen molar-refractivity contribution in [1.29, 1.82) is 0 Å². The van der Waals surface area contributed by atoms with Crippen molar-refractivity contribution in [3.05, 3.63) is 101 Å². The van der Waals surface area contributed by atoms with Gasteiger partial charge in [0.1, 0.15) is 11.8 Å². The number of carbonyl (C=O) groups excluding carboxylic acids is 2. The van der Waals surface area contributed by atoms with Crippen molar-refractivity contribution in [2.24, 2.45) is 0 Å². The van der Waals surface area contributed by atoms with E-state index in [1.54, 1.807) is 18.1 Å². The Labute approximate surface area is 213 Å². The van der Waals surface area contributed by atoms with Gasteiger partial charge in [0.05, 0.1) is 13.5 Å². The Bertz CT molecular complexity index is 1120. The molecule has 3 aromatic carbocycles. The van der Waals surface area contributed by atoms with Gasteiger partial charge in [-0.15, -0.1) is 0 Å². The summed E-state index contributed by atoms with van der Waals surface area (Å²) < 4.78 is 5.38. The smallest absolute Gasteiger partial charge is 0.243 e. The van der Waals surface area contributed by atoms with Crippen molar-refractivity contribution in [3.8, 4) is 5.75 Å². The van der Waals surface area contributed by atoms with Crippen molar-refractivity contribution in [3.63, 3.8) is 0 Å². The van der Waals surface area contributed by atoms with E-state index in [4.69, 9.17) is 16.3 Å². The summed E-state index contributed by atoms with van der Waals surface area (Å²) in [5, 5.41) is 3.62. The van der Waals surface area contributed by atoms with Crippen LogP contribution in [0, 0.1) is 0 Å². The molecule has 1 N–H and O–H groups in total. The highest BCUT2D eigenvalue weighted by Gasteiger charge is 2.31. The molecule has 5 nitrogen and oxygen atoms in total. The quantitative estimate of drug-likeness (QED) is 0.387. The third-order valence-corrected chi connectivity index (χ3v) is 6.43. The number of hydrogen-bond donors (Lipinski definition) is 1. The molecule has 0 fully saturated rings. The first-order valence-electron chi connectivity index (χ1n) is 11.9. The molecule has 0 radical (unpaired) electrons. The highest BCUT2D eigenvalue weighted by molar-refractivity contribution is 6.31. The highest BCUT2D eigenvalue weighted by Crippen LogP contribution is 2.21. The number of nitrogens with one attached hydrogen (secondary N) is 1. The molecule has 6 heteroatoms. The average Bonchev–Trinajstić information content (AvgIpc) is 2.88. The Balaban J connectivity index is 1.99. The second-order valence-electron chi connectivity index (χ2n) is 8.66. The molecule has 0 aliphatic rings. The van der Waals surface area contributed by atoms with Crippen LogP contribution in [-0.4, -0.2) is 35.9 Å². The zero-order valence-corrected chi connectivity index (χ0v) is 21.3. The van der Waals surface area contributed by atoms with Crippen LogP contribution >= 0.6 is 11.6 Å². The number of carbonyl (C=O) groups is 2. The molecule has 2 atom stereocenters. The van der Waals surface area contributed by atoms with Gasteiger partial charge in [-0.05, 0) is 48.2 Å². The molecule has 0 unspecified atom stereocenters. The second kappa shape index (κ2) is 13.0. The fourth-order valence-corrected chi connectivity index (χ4v) is 4.07. The minimum atomic E-state index is -0.687. The summed E-state index contributed by atoms with van der Waals surface area (Å²) >= 11 is 6.37. The van der Waals surface area contributed by atoms with Crippen LogP contribution in [0.5, 0.6) is 5.75 Å². The Kier molecular flexibility index (Phi) is 9.74. The Morgan fingerprint density at radius 3 is 2.34 bits per heavy atom. The lowest BCUT2D eigenvalue weighted by molar-refractivity contribution is -0.141. The first-order chi connectivity index (χ1) is 16.9. The molecule has 0 saturated carbocycles. The monoisotopic (exact) mass is 492 g/mol. The number of amides is 2. The average molecular weight is 493 g/mol. The molecule has 3 rings (SSSR count). The first-order valence-corrected chi connectivity index (χ1v) is 12.3. The van der Waals surface area contributed by atoms with E-state index in [1.807, 2.05) is 86.6 Å². The number of nitrogens with zero attached hydrogens (tertiary/aromatic N) is 1. The van der Waals surface area contributed by atoms with Crippen LogP contribution in [0.1, 0.15) is 37.0 Å². The van der Waals surface area contributed by atoms with Crippen LogP contribution in [-0.2, 0) is 29.0 Å². The lowest BCUT2D eigenvalue weighted by atomic mass is 10.0. The maximum absolute atomic E-state index is 13.8. The molecule has 0 aliphatic carbocycles. The third-order valence-electron chi connectivity index (χ3n) is 6.06. The largest absolute Gasteiger partial charge is 0.497 e. The van der Waals surface area contributed by atoms with Crippen molar-refractivity contribution in [2.45, 2.75) is 51.7 Å². The van der Waals surface area contributed by atoms with E-state index in [1.165, 1.54) is 0 Å². The first kappa shape index (κ1) is 26.3. The van der Waals surface area contributed by atoms with E-state index >= 15 is 0 Å². The Morgan fingerprint density at radius 2 is 1.66 bits per heavy atom. The molecule has 35 heavy (non-hydrogen) atoms. The van der Waals surface area contributed by atoms with Gasteiger partial charge in [-0.3, -0.25) is 9.59 Å². The van der Waals surface area contributed by atoms with Gasteiger partial charge >= 0.3 is 0 Å². The molecule has 2 amide bonds. The SMILES string of the molecule is CC[C@@H](C)NC(=O)[C@H](Cc1ccccc1)N(Cc1cccc(OC)c1)C(=O)Cc1ccccc1Cl. The molecule has 0 heterocycles. The summed E-state index contributed by atoms with van der Waals surface area (Å²) in [6.45, 7) is 4.26. The third kappa shape index (κ3) is 7.59. The van der Waals surface area contributed by atoms with Gasteiger partial charge in [0, 0.05) is 24.0 Å². The number of rotatable bonds is 11. The van der Waals surface area contributed by atoms with E-state index in [9.17, 15) is 9.59 Å². The predicted octanol–water partition coefficient (Wildman–Crippen LogP) is 5.45. The number of methoxy groups -OCH3 is 1. The van der Waals surface area contributed by atoms with Gasteiger partial charge < -0.3 is 15.0 Å². The lowest BCUT2D eigenvalue weighted by Crippen LogP contribution is -2.52. The van der Waals surface area contributed by atoms with Crippen LogP contribution in [0.15, 0.2) is 78.9 Å². The second-order valence-corrected chi connectivity index (χ2v) is 9.07. The molecular weight excluding hydrogens is 460 g/mol. The van der Waals surface area contributed by atoms with Gasteiger partial charge in [0.15, 0.2) is 0 Å². The van der Waals surface area contributed by atoms with Gasteiger partial charge in [-0.25, -0.2) is 0 Å². The van der Waals surface area contributed by atoms with Crippen molar-refractivity contribution < 1.29 is 14.3 Å². The van der Waals surface area contributed by atoms with E-state index in [0.29, 0.717) is 17.2 Å². The maximum Gasteiger partial charge on any atom is 0.243 e. The van der Waals surface area contributed by atoms with Crippen molar-refractivity contribution >= 4 is 23.4 Å². The Morgan fingerprint density at radius 1 is 0.971 bits per heavy atom. The van der Waals surface area contributed by atoms with Gasteiger partial charge in [0.25, 0.3) is 0 Å². The fourth-order valence-electron chi connectivity index (χ4n) is 3.87. The molecule has 0 saturated heterocycles. The van der Waals surface area contributed by atoms with Gasteiger partial charge in [-0.2, -0.15) is 0 Å². The molecule has 0 aliphatic heterocycles. The molecule has 0 bridgehead atoms. The molecule has 3 aromatic rings. The fraction of sp³-hybridized carbons (Fsp3) is 0.310. The van der Waals surface area contributed by atoms with Crippen LogP contribution in [0.4, 0.5) is 0 Å². The zero-order chi connectivity index (χ0) is 25.2. The van der Waals surface area contributed by atoms with E-state index in [0.717, 1.165) is 23.1 Å². The topological polar surface area (TPSA) is 58.6 Å². The van der Waals surface area contributed by atoms with Crippen molar-refractivity contribution in [1.82, 2.24) is 10.2 Å². The zero-order valence-electron chi connectivity index (χ0n) is 20.5. The van der Waals surface area contributed by atoms with Crippen LogP contribution in [0.3, 0.4) is 0 Å². The Hall–Kier alpha value is -3.31. The highest BCUT2D eigenvalue weighted by atomic mass is 35.5. The predicted molar refractivity (Wildman–Crippen MR) is 141 cm³/mol. The minimum Gasteiger partial charge on any atom is -0.497 e. The summed E-state index contributed by atoms with van der Waals surface area (Å²) in [6, 6.07) is 24.0. The number of halogens is 1. The summed E-state index contributed by atoms with van der Waals surface area (Å²) in [5.41, 5.74) is 2.60. The van der Waals surface area contributed by atoms with E-state index in [-0.39, 0.29) is 30.8 Å². The maximum atomic E-state index is 13.8. The van der Waals surface area contributed by atoms with Crippen LogP contribution in [0.2, 0.25) is 5.02 Å². The van der Waals surface area contributed by atoms with Crippen LogP contribution < -0.4 is 10.1 Å². The number of ether oxygens (including phenoxy) is 1. The minimum absolute atomic E-state index is 0.00175.